The van der Waals surface area contributed by atoms with E-state index in [0.29, 0.717) is 6.54 Å². The first kappa shape index (κ1) is 12.4. The van der Waals surface area contributed by atoms with E-state index in [1.54, 1.807) is 6.07 Å². The Bertz CT molecular complexity index is 790. The van der Waals surface area contributed by atoms with Gasteiger partial charge in [0.25, 0.3) is 0 Å². The highest BCUT2D eigenvalue weighted by atomic mass is 16.4. The zero-order valence-corrected chi connectivity index (χ0v) is 11.1. The maximum absolute atomic E-state index is 10.9. The Morgan fingerprint density at radius 1 is 1.25 bits per heavy atom. The summed E-state index contributed by atoms with van der Waals surface area (Å²) in [4.78, 5) is 15.1. The predicted octanol–water partition coefficient (Wildman–Crippen LogP) is 3.09. The van der Waals surface area contributed by atoms with Gasteiger partial charge in [-0.15, -0.1) is 0 Å². The van der Waals surface area contributed by atoms with Gasteiger partial charge in [0.05, 0.1) is 12.2 Å². The molecule has 0 aliphatic heterocycles. The minimum absolute atomic E-state index is 0.0785. The SMILES string of the molecule is Cc1ccc2c(ccn2Cc2cccc(C(=O)O)n2)c1. The molecule has 0 radical (unpaired) electrons. The molecule has 1 N–H and O–H groups in total. The summed E-state index contributed by atoms with van der Waals surface area (Å²) < 4.78 is 2.07. The first-order valence-electron chi connectivity index (χ1n) is 6.38. The summed E-state index contributed by atoms with van der Waals surface area (Å²) in [6, 6.07) is 13.4. The van der Waals surface area contributed by atoms with Crippen molar-refractivity contribution in [2.24, 2.45) is 0 Å². The largest absolute Gasteiger partial charge is 0.477 e. The standard InChI is InChI=1S/C16H14N2O2/c1-11-5-6-15-12(9-11)7-8-18(15)10-13-3-2-4-14(17-13)16(19)20/h2-9H,10H2,1H3,(H,19,20). The fraction of sp³-hybridized carbons (Fsp3) is 0.125. The third kappa shape index (κ3) is 2.28. The predicted molar refractivity (Wildman–Crippen MR) is 77.0 cm³/mol. The summed E-state index contributed by atoms with van der Waals surface area (Å²) >= 11 is 0. The quantitative estimate of drug-likeness (QED) is 0.792. The molecule has 20 heavy (non-hydrogen) atoms. The molecular formula is C16H14N2O2. The molecule has 0 fully saturated rings. The molecule has 2 aromatic heterocycles. The van der Waals surface area contributed by atoms with Crippen LogP contribution < -0.4 is 0 Å². The summed E-state index contributed by atoms with van der Waals surface area (Å²) in [5.41, 5.74) is 3.16. The van der Waals surface area contributed by atoms with Crippen molar-refractivity contribution in [3.05, 3.63) is 65.6 Å². The van der Waals surface area contributed by atoms with Crippen LogP contribution in [0.15, 0.2) is 48.7 Å². The lowest BCUT2D eigenvalue weighted by Gasteiger charge is -2.06. The van der Waals surface area contributed by atoms with Crippen LogP contribution in [0.2, 0.25) is 0 Å². The molecule has 4 heteroatoms. The minimum Gasteiger partial charge on any atom is -0.477 e. The fourth-order valence-corrected chi connectivity index (χ4v) is 2.32. The second kappa shape index (κ2) is 4.81. The van der Waals surface area contributed by atoms with Gasteiger partial charge in [-0.25, -0.2) is 9.78 Å². The van der Waals surface area contributed by atoms with Gasteiger partial charge in [0.15, 0.2) is 0 Å². The Balaban J connectivity index is 1.97. The van der Waals surface area contributed by atoms with E-state index in [-0.39, 0.29) is 5.69 Å². The highest BCUT2D eigenvalue weighted by Gasteiger charge is 2.07. The zero-order chi connectivity index (χ0) is 14.1. The molecule has 0 bridgehead atoms. The number of hydrogen-bond donors (Lipinski definition) is 1. The first-order valence-corrected chi connectivity index (χ1v) is 6.38. The van der Waals surface area contributed by atoms with E-state index >= 15 is 0 Å². The van der Waals surface area contributed by atoms with Gasteiger partial charge in [-0.05, 0) is 42.6 Å². The summed E-state index contributed by atoms with van der Waals surface area (Å²) in [5.74, 6) is -1.00. The van der Waals surface area contributed by atoms with Gasteiger partial charge >= 0.3 is 5.97 Å². The van der Waals surface area contributed by atoms with Crippen molar-refractivity contribution < 1.29 is 9.90 Å². The average molecular weight is 266 g/mol. The number of benzene rings is 1. The number of carboxylic acid groups (broad SMARTS) is 1. The summed E-state index contributed by atoms with van der Waals surface area (Å²) in [6.07, 6.45) is 2.00. The molecule has 4 nitrogen and oxygen atoms in total. The number of aryl methyl sites for hydroxylation is 1. The molecular weight excluding hydrogens is 252 g/mol. The second-order valence-electron chi connectivity index (χ2n) is 4.83. The maximum Gasteiger partial charge on any atom is 0.354 e. The van der Waals surface area contributed by atoms with Gasteiger partial charge in [0.2, 0.25) is 0 Å². The molecule has 0 spiro atoms. The zero-order valence-electron chi connectivity index (χ0n) is 11.1. The van der Waals surface area contributed by atoms with Crippen LogP contribution in [0.4, 0.5) is 0 Å². The first-order chi connectivity index (χ1) is 9.63. The number of carbonyl (C=O) groups is 1. The number of fused-ring (bicyclic) bond motifs is 1. The van der Waals surface area contributed by atoms with Crippen LogP contribution in [-0.2, 0) is 6.54 Å². The Labute approximate surface area is 116 Å². The molecule has 0 amide bonds. The average Bonchev–Trinajstić information content (AvgIpc) is 2.81. The number of nitrogens with zero attached hydrogens (tertiary/aromatic N) is 2. The van der Waals surface area contributed by atoms with Crippen molar-refractivity contribution in [3.63, 3.8) is 0 Å². The normalized spacial score (nSPS) is 10.8. The van der Waals surface area contributed by atoms with Crippen molar-refractivity contribution in [1.29, 1.82) is 0 Å². The highest BCUT2D eigenvalue weighted by Crippen LogP contribution is 2.18. The number of rotatable bonds is 3. The Morgan fingerprint density at radius 2 is 2.10 bits per heavy atom. The molecule has 0 atom stereocenters. The van der Waals surface area contributed by atoms with Crippen molar-refractivity contribution in [3.8, 4) is 0 Å². The van der Waals surface area contributed by atoms with Crippen molar-refractivity contribution >= 4 is 16.9 Å². The summed E-state index contributed by atoms with van der Waals surface area (Å²) in [7, 11) is 0. The maximum atomic E-state index is 10.9. The second-order valence-corrected chi connectivity index (χ2v) is 4.83. The highest BCUT2D eigenvalue weighted by molar-refractivity contribution is 5.85. The number of pyridine rings is 1. The van der Waals surface area contributed by atoms with Gasteiger partial charge in [-0.1, -0.05) is 17.7 Å². The number of aromatic nitrogens is 2. The van der Waals surface area contributed by atoms with E-state index < -0.39 is 5.97 Å². The van der Waals surface area contributed by atoms with Gasteiger partial charge in [-0.2, -0.15) is 0 Å². The van der Waals surface area contributed by atoms with E-state index in [0.717, 1.165) is 11.2 Å². The number of carboxylic acids is 1. The third-order valence-electron chi connectivity index (χ3n) is 3.28. The topological polar surface area (TPSA) is 55.1 Å². The van der Waals surface area contributed by atoms with E-state index in [4.69, 9.17) is 5.11 Å². The Hall–Kier alpha value is -2.62. The number of aromatic carboxylic acids is 1. The smallest absolute Gasteiger partial charge is 0.354 e. The van der Waals surface area contributed by atoms with Crippen molar-refractivity contribution in [2.75, 3.05) is 0 Å². The van der Waals surface area contributed by atoms with Crippen LogP contribution in [0.3, 0.4) is 0 Å². The molecule has 3 rings (SSSR count). The van der Waals surface area contributed by atoms with Crippen LogP contribution in [0, 0.1) is 6.92 Å². The fourth-order valence-electron chi connectivity index (χ4n) is 2.32. The van der Waals surface area contributed by atoms with E-state index in [1.165, 1.54) is 17.0 Å². The summed E-state index contributed by atoms with van der Waals surface area (Å²) in [6.45, 7) is 2.63. The molecule has 0 saturated heterocycles. The van der Waals surface area contributed by atoms with Crippen LogP contribution in [0.25, 0.3) is 10.9 Å². The van der Waals surface area contributed by atoms with Crippen LogP contribution in [0.5, 0.6) is 0 Å². The molecule has 0 saturated carbocycles. The molecule has 0 aliphatic rings. The Morgan fingerprint density at radius 3 is 2.90 bits per heavy atom. The molecule has 3 aromatic rings. The molecule has 2 heterocycles. The monoisotopic (exact) mass is 266 g/mol. The summed E-state index contributed by atoms with van der Waals surface area (Å²) in [5, 5.41) is 10.1. The van der Waals surface area contributed by atoms with Crippen molar-refractivity contribution in [1.82, 2.24) is 9.55 Å². The number of hydrogen-bond acceptors (Lipinski definition) is 2. The van der Waals surface area contributed by atoms with Crippen molar-refractivity contribution in [2.45, 2.75) is 13.5 Å². The van der Waals surface area contributed by atoms with Gasteiger partial charge < -0.3 is 9.67 Å². The van der Waals surface area contributed by atoms with Crippen LogP contribution in [-0.4, -0.2) is 20.6 Å². The lowest BCUT2D eigenvalue weighted by molar-refractivity contribution is 0.0690. The van der Waals surface area contributed by atoms with Crippen LogP contribution >= 0.6 is 0 Å². The van der Waals surface area contributed by atoms with Gasteiger partial charge in [0.1, 0.15) is 5.69 Å². The minimum atomic E-state index is -1.00. The van der Waals surface area contributed by atoms with E-state index in [1.807, 2.05) is 12.3 Å². The van der Waals surface area contributed by atoms with Gasteiger partial charge in [0, 0.05) is 11.7 Å². The van der Waals surface area contributed by atoms with Gasteiger partial charge in [-0.3, -0.25) is 0 Å². The lowest BCUT2D eigenvalue weighted by Crippen LogP contribution is -2.05. The Kier molecular flexibility index (Phi) is 2.99. The molecule has 0 unspecified atom stereocenters. The van der Waals surface area contributed by atoms with E-state index in [9.17, 15) is 4.79 Å². The lowest BCUT2D eigenvalue weighted by atomic mass is 10.2. The molecule has 1 aromatic carbocycles. The van der Waals surface area contributed by atoms with E-state index in [2.05, 4.69) is 40.7 Å². The van der Waals surface area contributed by atoms with Crippen LogP contribution in [0.1, 0.15) is 21.7 Å². The third-order valence-corrected chi connectivity index (χ3v) is 3.28. The molecule has 0 aliphatic carbocycles. The molecule has 100 valence electrons.